The second-order valence-electron chi connectivity index (χ2n) is 7.04. The molecule has 2 aromatic rings. The molecule has 1 aliphatic rings. The van der Waals surface area contributed by atoms with Gasteiger partial charge < -0.3 is 15.1 Å². The van der Waals surface area contributed by atoms with Crippen LogP contribution in [0, 0.1) is 6.92 Å². The van der Waals surface area contributed by atoms with Crippen molar-refractivity contribution in [2.45, 2.75) is 19.4 Å². The number of rotatable bonds is 7. The quantitative estimate of drug-likeness (QED) is 0.748. The topological polar surface area (TPSA) is 78.4 Å². The second-order valence-corrected chi connectivity index (χ2v) is 8.02. The summed E-state index contributed by atoms with van der Waals surface area (Å²) >= 11 is 1.67. The van der Waals surface area contributed by atoms with Crippen LogP contribution in [0.15, 0.2) is 42.7 Å². The number of nitrogens with zero attached hydrogens (tertiary/aromatic N) is 4. The van der Waals surface area contributed by atoms with E-state index < -0.39 is 6.04 Å². The van der Waals surface area contributed by atoms with Crippen molar-refractivity contribution < 1.29 is 9.59 Å². The van der Waals surface area contributed by atoms with Crippen molar-refractivity contribution in [1.82, 2.24) is 20.2 Å². The minimum Gasteiger partial charge on any atom is -0.340 e. The van der Waals surface area contributed by atoms with Gasteiger partial charge in [-0.25, -0.2) is 9.97 Å². The summed E-state index contributed by atoms with van der Waals surface area (Å²) in [6, 6.07) is 8.68. The molecule has 0 unspecified atom stereocenters. The van der Waals surface area contributed by atoms with E-state index in [1.165, 1.54) is 0 Å². The number of carbonyl (C=O) groups is 2. The zero-order valence-electron chi connectivity index (χ0n) is 16.9. The molecule has 8 heteroatoms. The number of nitrogens with one attached hydrogen (secondary N) is 1. The van der Waals surface area contributed by atoms with Gasteiger partial charge >= 0.3 is 0 Å². The molecule has 0 bridgehead atoms. The van der Waals surface area contributed by atoms with Gasteiger partial charge in [0, 0.05) is 44.1 Å². The summed E-state index contributed by atoms with van der Waals surface area (Å²) in [6.07, 6.45) is 6.06. The van der Waals surface area contributed by atoms with Crippen molar-refractivity contribution in [2.24, 2.45) is 0 Å². The van der Waals surface area contributed by atoms with Crippen molar-refractivity contribution >= 4 is 29.5 Å². The molecule has 2 heterocycles. The van der Waals surface area contributed by atoms with E-state index in [1.54, 1.807) is 36.3 Å². The maximum atomic E-state index is 13.1. The summed E-state index contributed by atoms with van der Waals surface area (Å²) in [5.74, 6) is 1.27. The summed E-state index contributed by atoms with van der Waals surface area (Å²) < 4.78 is 0. The molecule has 1 aliphatic heterocycles. The first kappa shape index (κ1) is 21.1. The standard InChI is InChI=1S/C21H27N5O2S/c1-16-5-3-6-17(15-16)19(27)24-18(7-14-29-2)20(28)25-10-12-26(13-11-25)21-22-8-4-9-23-21/h3-6,8-9,15,18H,7,10-14H2,1-2H3,(H,24,27)/t18-/m1/s1. The van der Waals surface area contributed by atoms with Crippen LogP contribution >= 0.6 is 11.8 Å². The number of hydrogen-bond acceptors (Lipinski definition) is 6. The smallest absolute Gasteiger partial charge is 0.251 e. The molecule has 1 fully saturated rings. The number of thioether (sulfide) groups is 1. The van der Waals surface area contributed by atoms with Gasteiger partial charge in [-0.05, 0) is 43.6 Å². The highest BCUT2D eigenvalue weighted by Crippen LogP contribution is 2.13. The molecule has 0 saturated carbocycles. The van der Waals surface area contributed by atoms with E-state index in [0.29, 0.717) is 44.1 Å². The lowest BCUT2D eigenvalue weighted by Crippen LogP contribution is -2.55. The van der Waals surface area contributed by atoms with Crippen LogP contribution in [-0.2, 0) is 4.79 Å². The van der Waals surface area contributed by atoms with Crippen LogP contribution < -0.4 is 10.2 Å². The number of piperazine rings is 1. The molecule has 1 aromatic heterocycles. The van der Waals surface area contributed by atoms with Crippen LogP contribution in [0.1, 0.15) is 22.3 Å². The van der Waals surface area contributed by atoms with E-state index in [2.05, 4.69) is 20.2 Å². The van der Waals surface area contributed by atoms with Crippen LogP contribution in [0.2, 0.25) is 0 Å². The summed E-state index contributed by atoms with van der Waals surface area (Å²) in [7, 11) is 0. The van der Waals surface area contributed by atoms with Crippen LogP contribution in [-0.4, -0.2) is 70.9 Å². The minimum atomic E-state index is -0.519. The van der Waals surface area contributed by atoms with Gasteiger partial charge in [0.25, 0.3) is 5.91 Å². The molecule has 0 spiro atoms. The van der Waals surface area contributed by atoms with Crippen molar-refractivity contribution in [3.8, 4) is 0 Å². The highest BCUT2D eigenvalue weighted by atomic mass is 32.2. The summed E-state index contributed by atoms with van der Waals surface area (Å²) in [5, 5.41) is 2.95. The van der Waals surface area contributed by atoms with E-state index in [0.717, 1.165) is 11.3 Å². The normalized spacial score (nSPS) is 15.1. The maximum absolute atomic E-state index is 13.1. The van der Waals surface area contributed by atoms with Crippen molar-refractivity contribution in [3.05, 3.63) is 53.9 Å². The highest BCUT2D eigenvalue weighted by molar-refractivity contribution is 7.98. The Labute approximate surface area is 175 Å². The average Bonchev–Trinajstić information content (AvgIpc) is 2.76. The molecule has 3 rings (SSSR count). The highest BCUT2D eigenvalue weighted by Gasteiger charge is 2.29. The Morgan fingerprint density at radius 2 is 1.86 bits per heavy atom. The molecule has 2 amide bonds. The lowest BCUT2D eigenvalue weighted by molar-refractivity contribution is -0.133. The molecule has 0 radical (unpaired) electrons. The average molecular weight is 414 g/mol. The maximum Gasteiger partial charge on any atom is 0.251 e. The third-order valence-corrected chi connectivity index (χ3v) is 5.56. The molecule has 0 aliphatic carbocycles. The number of anilines is 1. The van der Waals surface area contributed by atoms with Gasteiger partial charge in [0.2, 0.25) is 11.9 Å². The Balaban J connectivity index is 1.62. The fourth-order valence-electron chi connectivity index (χ4n) is 3.32. The molecule has 1 N–H and O–H groups in total. The van der Waals surface area contributed by atoms with Gasteiger partial charge in [-0.15, -0.1) is 0 Å². The first-order chi connectivity index (χ1) is 14.1. The molecular formula is C21H27N5O2S. The van der Waals surface area contributed by atoms with Crippen LogP contribution in [0.3, 0.4) is 0 Å². The Morgan fingerprint density at radius 1 is 1.14 bits per heavy atom. The van der Waals surface area contributed by atoms with E-state index in [4.69, 9.17) is 0 Å². The Kier molecular flexibility index (Phi) is 7.46. The summed E-state index contributed by atoms with van der Waals surface area (Å²) in [4.78, 5) is 38.3. The van der Waals surface area contributed by atoms with Crippen molar-refractivity contribution in [3.63, 3.8) is 0 Å². The first-order valence-electron chi connectivity index (χ1n) is 9.75. The van der Waals surface area contributed by atoms with E-state index >= 15 is 0 Å². The SMILES string of the molecule is CSCC[C@@H](NC(=O)c1cccc(C)c1)C(=O)N1CCN(c2ncccn2)CC1. The van der Waals surface area contributed by atoms with Gasteiger partial charge in [-0.2, -0.15) is 11.8 Å². The molecule has 1 atom stereocenters. The lowest BCUT2D eigenvalue weighted by atomic mass is 10.1. The van der Waals surface area contributed by atoms with Gasteiger partial charge in [0.15, 0.2) is 0 Å². The first-order valence-corrected chi connectivity index (χ1v) is 11.1. The molecule has 7 nitrogen and oxygen atoms in total. The fraction of sp³-hybridized carbons (Fsp3) is 0.429. The number of hydrogen-bond donors (Lipinski definition) is 1. The molecule has 1 saturated heterocycles. The van der Waals surface area contributed by atoms with E-state index in [-0.39, 0.29) is 11.8 Å². The molecular weight excluding hydrogens is 386 g/mol. The molecule has 29 heavy (non-hydrogen) atoms. The van der Waals surface area contributed by atoms with Gasteiger partial charge in [-0.1, -0.05) is 17.7 Å². The third-order valence-electron chi connectivity index (χ3n) is 4.92. The Morgan fingerprint density at radius 3 is 2.52 bits per heavy atom. The Bertz CT molecular complexity index is 825. The summed E-state index contributed by atoms with van der Waals surface area (Å²) in [6.45, 7) is 4.48. The minimum absolute atomic E-state index is 0.0197. The number of aromatic nitrogens is 2. The number of amides is 2. The zero-order chi connectivity index (χ0) is 20.6. The van der Waals surface area contributed by atoms with Crippen molar-refractivity contribution in [1.29, 1.82) is 0 Å². The summed E-state index contributed by atoms with van der Waals surface area (Å²) in [5.41, 5.74) is 1.60. The largest absolute Gasteiger partial charge is 0.340 e. The zero-order valence-corrected chi connectivity index (χ0v) is 17.7. The monoisotopic (exact) mass is 413 g/mol. The molecule has 1 aromatic carbocycles. The van der Waals surface area contributed by atoms with Crippen molar-refractivity contribution in [2.75, 3.05) is 43.1 Å². The number of aryl methyl sites for hydroxylation is 1. The second kappa shape index (κ2) is 10.2. The van der Waals surface area contributed by atoms with Gasteiger partial charge in [-0.3, -0.25) is 9.59 Å². The van der Waals surface area contributed by atoms with Crippen LogP contribution in [0.25, 0.3) is 0 Å². The number of benzene rings is 1. The number of carbonyl (C=O) groups excluding carboxylic acids is 2. The lowest BCUT2D eigenvalue weighted by Gasteiger charge is -2.36. The fourth-order valence-corrected chi connectivity index (χ4v) is 3.79. The van der Waals surface area contributed by atoms with Crippen LogP contribution in [0.5, 0.6) is 0 Å². The van der Waals surface area contributed by atoms with Gasteiger partial charge in [0.1, 0.15) is 6.04 Å². The predicted molar refractivity (Wildman–Crippen MR) is 116 cm³/mol. The van der Waals surface area contributed by atoms with Crippen LogP contribution in [0.4, 0.5) is 5.95 Å². The predicted octanol–water partition coefficient (Wildman–Crippen LogP) is 1.99. The molecule has 154 valence electrons. The van der Waals surface area contributed by atoms with Gasteiger partial charge in [0.05, 0.1) is 0 Å². The Hall–Kier alpha value is -2.61. The van der Waals surface area contributed by atoms with E-state index in [1.807, 2.05) is 36.3 Å². The third kappa shape index (κ3) is 5.69. The van der Waals surface area contributed by atoms with E-state index in [9.17, 15) is 9.59 Å².